The summed E-state index contributed by atoms with van der Waals surface area (Å²) in [5, 5.41) is 2.88. The molecule has 0 aliphatic rings. The van der Waals surface area contributed by atoms with Gasteiger partial charge >= 0.3 is 0 Å². The van der Waals surface area contributed by atoms with Crippen LogP contribution in [-0.4, -0.2) is 50.2 Å². The molecule has 0 aliphatic carbocycles. The molecule has 0 spiro atoms. The monoisotopic (exact) mass is 292 g/mol. The molecule has 0 atom stereocenters. The van der Waals surface area contributed by atoms with Crippen LogP contribution in [0, 0.1) is 13.8 Å². The second-order valence-corrected chi connectivity index (χ2v) is 5.19. The molecule has 4 heteroatoms. The van der Waals surface area contributed by atoms with Crippen molar-refractivity contribution in [3.63, 3.8) is 0 Å². The van der Waals surface area contributed by atoms with Gasteiger partial charge in [-0.3, -0.25) is 4.79 Å². The number of benzene rings is 1. The van der Waals surface area contributed by atoms with E-state index in [0.717, 1.165) is 25.2 Å². The lowest BCUT2D eigenvalue weighted by atomic mass is 10.1. The summed E-state index contributed by atoms with van der Waals surface area (Å²) in [5.74, 6) is -0.0366. The van der Waals surface area contributed by atoms with Crippen molar-refractivity contribution in [2.24, 2.45) is 0 Å². The van der Waals surface area contributed by atoms with E-state index in [-0.39, 0.29) is 5.91 Å². The highest BCUT2D eigenvalue weighted by molar-refractivity contribution is 5.94. The largest absolute Gasteiger partial charge is 0.378 e. The Bertz CT molecular complexity index is 442. The van der Waals surface area contributed by atoms with Crippen molar-refractivity contribution >= 4 is 5.91 Å². The van der Waals surface area contributed by atoms with Crippen molar-refractivity contribution in [1.29, 1.82) is 0 Å². The Hall–Kier alpha value is -1.39. The van der Waals surface area contributed by atoms with E-state index in [4.69, 9.17) is 4.74 Å². The number of carbonyl (C=O) groups excluding carboxylic acids is 1. The van der Waals surface area contributed by atoms with Gasteiger partial charge in [0.1, 0.15) is 0 Å². The minimum Gasteiger partial charge on any atom is -0.378 e. The van der Waals surface area contributed by atoms with E-state index in [0.29, 0.717) is 25.3 Å². The number of hydrogen-bond acceptors (Lipinski definition) is 3. The van der Waals surface area contributed by atoms with Crippen LogP contribution in [0.3, 0.4) is 0 Å². The van der Waals surface area contributed by atoms with Crippen LogP contribution in [-0.2, 0) is 4.74 Å². The first-order valence-electron chi connectivity index (χ1n) is 7.74. The maximum atomic E-state index is 12.0. The highest BCUT2D eigenvalue weighted by Crippen LogP contribution is 2.09. The Morgan fingerprint density at radius 3 is 2.48 bits per heavy atom. The van der Waals surface area contributed by atoms with Gasteiger partial charge in [0.15, 0.2) is 0 Å². The number of ether oxygens (including phenoxy) is 1. The van der Waals surface area contributed by atoms with E-state index in [1.165, 1.54) is 5.56 Å². The molecule has 4 nitrogen and oxygen atoms in total. The molecule has 0 aliphatic heterocycles. The van der Waals surface area contributed by atoms with E-state index >= 15 is 0 Å². The third-order valence-corrected chi connectivity index (χ3v) is 3.75. The highest BCUT2D eigenvalue weighted by atomic mass is 16.5. The molecule has 0 radical (unpaired) electrons. The normalized spacial score (nSPS) is 10.9. The molecule has 1 rings (SSSR count). The highest BCUT2D eigenvalue weighted by Gasteiger charge is 2.05. The average molecular weight is 292 g/mol. The van der Waals surface area contributed by atoms with Gasteiger partial charge in [0.05, 0.1) is 13.2 Å². The number of nitrogens with zero attached hydrogens (tertiary/aromatic N) is 1. The molecule has 1 amide bonds. The molecular weight excluding hydrogens is 264 g/mol. The zero-order valence-electron chi connectivity index (χ0n) is 13.7. The Kier molecular flexibility index (Phi) is 8.01. The van der Waals surface area contributed by atoms with Crippen LogP contribution in [0.2, 0.25) is 0 Å². The summed E-state index contributed by atoms with van der Waals surface area (Å²) in [6.45, 7) is 13.2. The first-order chi connectivity index (χ1) is 10.1. The number of nitrogens with one attached hydrogen (secondary N) is 1. The molecule has 118 valence electrons. The topological polar surface area (TPSA) is 41.6 Å². The fourth-order valence-electron chi connectivity index (χ4n) is 2.06. The second-order valence-electron chi connectivity index (χ2n) is 5.19. The van der Waals surface area contributed by atoms with Crippen LogP contribution in [0.1, 0.15) is 35.3 Å². The van der Waals surface area contributed by atoms with Crippen LogP contribution in [0.25, 0.3) is 0 Å². The minimum atomic E-state index is -0.0366. The fourth-order valence-corrected chi connectivity index (χ4v) is 2.06. The average Bonchev–Trinajstić information content (AvgIpc) is 2.49. The number of amides is 1. The molecule has 1 N–H and O–H groups in total. The van der Waals surface area contributed by atoms with Crippen LogP contribution < -0.4 is 5.32 Å². The molecule has 0 aromatic heterocycles. The maximum absolute atomic E-state index is 12.0. The summed E-state index contributed by atoms with van der Waals surface area (Å²) in [5.41, 5.74) is 3.05. The summed E-state index contributed by atoms with van der Waals surface area (Å²) in [4.78, 5) is 14.3. The Morgan fingerprint density at radius 1 is 1.14 bits per heavy atom. The standard InChI is InChI=1S/C17H28N2O2/c1-5-19(6-2)10-12-21-11-9-18-17(20)16-8-7-14(3)15(4)13-16/h7-8,13H,5-6,9-12H2,1-4H3,(H,18,20). The molecule has 1 aromatic carbocycles. The third kappa shape index (κ3) is 6.27. The Labute approximate surface area is 128 Å². The molecule has 1 aromatic rings. The Balaban J connectivity index is 2.20. The van der Waals surface area contributed by atoms with Crippen LogP contribution in [0.5, 0.6) is 0 Å². The molecule has 0 unspecified atom stereocenters. The third-order valence-electron chi connectivity index (χ3n) is 3.75. The lowest BCUT2D eigenvalue weighted by molar-refractivity contribution is 0.0884. The number of carbonyl (C=O) groups is 1. The molecule has 0 bridgehead atoms. The van der Waals surface area contributed by atoms with Crippen molar-refractivity contribution in [2.75, 3.05) is 39.4 Å². The van der Waals surface area contributed by atoms with Crippen molar-refractivity contribution < 1.29 is 9.53 Å². The molecule has 0 saturated carbocycles. The predicted molar refractivity (Wildman–Crippen MR) is 86.9 cm³/mol. The molecule has 0 heterocycles. The van der Waals surface area contributed by atoms with E-state index in [1.54, 1.807) is 0 Å². The fraction of sp³-hybridized carbons (Fsp3) is 0.588. The zero-order valence-corrected chi connectivity index (χ0v) is 13.7. The summed E-state index contributed by atoms with van der Waals surface area (Å²) < 4.78 is 5.54. The van der Waals surface area contributed by atoms with Gasteiger partial charge in [-0.2, -0.15) is 0 Å². The van der Waals surface area contributed by atoms with Gasteiger partial charge in [-0.15, -0.1) is 0 Å². The summed E-state index contributed by atoms with van der Waals surface area (Å²) in [6.07, 6.45) is 0. The minimum absolute atomic E-state index is 0.0366. The number of likely N-dealkylation sites (N-methyl/N-ethyl adjacent to an activating group) is 1. The maximum Gasteiger partial charge on any atom is 0.251 e. The molecular formula is C17H28N2O2. The van der Waals surface area contributed by atoms with Gasteiger partial charge in [-0.05, 0) is 50.2 Å². The number of rotatable bonds is 9. The van der Waals surface area contributed by atoms with Gasteiger partial charge in [-0.25, -0.2) is 0 Å². The van der Waals surface area contributed by atoms with Crippen LogP contribution >= 0.6 is 0 Å². The van der Waals surface area contributed by atoms with Crippen LogP contribution in [0.15, 0.2) is 18.2 Å². The van der Waals surface area contributed by atoms with Gasteiger partial charge in [0, 0.05) is 18.7 Å². The van der Waals surface area contributed by atoms with Gasteiger partial charge in [-0.1, -0.05) is 19.9 Å². The van der Waals surface area contributed by atoms with Gasteiger partial charge < -0.3 is 15.0 Å². The summed E-state index contributed by atoms with van der Waals surface area (Å²) >= 11 is 0. The predicted octanol–water partition coefficient (Wildman–Crippen LogP) is 2.39. The first-order valence-corrected chi connectivity index (χ1v) is 7.74. The number of aryl methyl sites for hydroxylation is 2. The molecule has 21 heavy (non-hydrogen) atoms. The van der Waals surface area contributed by atoms with Gasteiger partial charge in [0.2, 0.25) is 0 Å². The van der Waals surface area contributed by atoms with E-state index in [1.807, 2.05) is 32.0 Å². The quantitative estimate of drug-likeness (QED) is 0.711. The number of hydrogen-bond donors (Lipinski definition) is 1. The van der Waals surface area contributed by atoms with Crippen molar-refractivity contribution in [3.05, 3.63) is 34.9 Å². The lowest BCUT2D eigenvalue weighted by Gasteiger charge is -2.17. The SMILES string of the molecule is CCN(CC)CCOCCNC(=O)c1ccc(C)c(C)c1. The lowest BCUT2D eigenvalue weighted by Crippen LogP contribution is -2.30. The summed E-state index contributed by atoms with van der Waals surface area (Å²) in [7, 11) is 0. The van der Waals surface area contributed by atoms with E-state index in [9.17, 15) is 4.79 Å². The smallest absolute Gasteiger partial charge is 0.251 e. The zero-order chi connectivity index (χ0) is 15.7. The molecule has 0 saturated heterocycles. The van der Waals surface area contributed by atoms with Crippen molar-refractivity contribution in [3.8, 4) is 0 Å². The summed E-state index contributed by atoms with van der Waals surface area (Å²) in [6, 6.07) is 5.76. The van der Waals surface area contributed by atoms with Crippen LogP contribution in [0.4, 0.5) is 0 Å². The Morgan fingerprint density at radius 2 is 1.86 bits per heavy atom. The molecule has 0 fully saturated rings. The van der Waals surface area contributed by atoms with E-state index < -0.39 is 0 Å². The van der Waals surface area contributed by atoms with E-state index in [2.05, 4.69) is 24.1 Å². The van der Waals surface area contributed by atoms with Gasteiger partial charge in [0.25, 0.3) is 5.91 Å². The second kappa shape index (κ2) is 9.53. The van der Waals surface area contributed by atoms with Crippen molar-refractivity contribution in [2.45, 2.75) is 27.7 Å². The van der Waals surface area contributed by atoms with Crippen molar-refractivity contribution in [1.82, 2.24) is 10.2 Å². The first kappa shape index (κ1) is 17.7.